The smallest absolute Gasteiger partial charge is 0.332 e. The van der Waals surface area contributed by atoms with Gasteiger partial charge in [0.2, 0.25) is 0 Å². The molecule has 0 saturated heterocycles. The van der Waals surface area contributed by atoms with Crippen LogP contribution in [0, 0.1) is 0 Å². The summed E-state index contributed by atoms with van der Waals surface area (Å²) in [5.74, 6) is 0.226. The summed E-state index contributed by atoms with van der Waals surface area (Å²) < 4.78 is 2.55. The number of hydrogen-bond acceptors (Lipinski definition) is 5. The molecule has 1 heterocycles. The van der Waals surface area contributed by atoms with Crippen molar-refractivity contribution in [2.75, 3.05) is 37.2 Å². The number of nitrogens with zero attached hydrogens (tertiary/aromatic N) is 3. The monoisotopic (exact) mass is 297 g/mol. The van der Waals surface area contributed by atoms with Crippen molar-refractivity contribution in [1.82, 2.24) is 14.0 Å². The maximum atomic E-state index is 12.2. The van der Waals surface area contributed by atoms with Crippen LogP contribution < -0.4 is 22.3 Å². The largest absolute Gasteiger partial charge is 0.383 e. The maximum absolute atomic E-state index is 12.2. The average molecular weight is 297 g/mol. The van der Waals surface area contributed by atoms with E-state index in [1.807, 2.05) is 6.92 Å². The first kappa shape index (κ1) is 17.3. The summed E-state index contributed by atoms with van der Waals surface area (Å²) in [6.07, 6.45) is 0.779. The lowest BCUT2D eigenvalue weighted by atomic mass is 10.4. The van der Waals surface area contributed by atoms with Crippen molar-refractivity contribution in [2.24, 2.45) is 7.05 Å². The van der Waals surface area contributed by atoms with Gasteiger partial charge in [-0.2, -0.15) is 0 Å². The first-order valence-electron chi connectivity index (χ1n) is 7.53. The minimum atomic E-state index is -0.371. The van der Waals surface area contributed by atoms with Crippen molar-refractivity contribution in [2.45, 2.75) is 33.7 Å². The van der Waals surface area contributed by atoms with E-state index in [0.29, 0.717) is 18.8 Å². The van der Waals surface area contributed by atoms with Gasteiger partial charge in [-0.05, 0) is 19.5 Å². The summed E-state index contributed by atoms with van der Waals surface area (Å²) in [5.41, 5.74) is 5.57. The number of hydrogen-bond donors (Lipinski definition) is 2. The first-order chi connectivity index (χ1) is 9.97. The second kappa shape index (κ2) is 7.87. The molecule has 0 radical (unpaired) electrons. The highest BCUT2D eigenvalue weighted by Crippen LogP contribution is 2.10. The Bertz CT molecular complexity index is 572. The molecule has 0 bridgehead atoms. The summed E-state index contributed by atoms with van der Waals surface area (Å²) in [7, 11) is 1.48. The van der Waals surface area contributed by atoms with E-state index in [0.717, 1.165) is 30.6 Å². The topological polar surface area (TPSA) is 85.3 Å². The van der Waals surface area contributed by atoms with Crippen LogP contribution in [0.15, 0.2) is 9.59 Å². The fourth-order valence-electron chi connectivity index (χ4n) is 2.27. The fraction of sp³-hybridized carbons (Fsp3) is 0.714. The van der Waals surface area contributed by atoms with Gasteiger partial charge in [0.05, 0.1) is 0 Å². The molecule has 0 unspecified atom stereocenters. The number of aromatic nitrogens is 2. The van der Waals surface area contributed by atoms with Crippen LogP contribution in [0.25, 0.3) is 0 Å². The summed E-state index contributed by atoms with van der Waals surface area (Å²) in [5, 5.41) is 3.09. The van der Waals surface area contributed by atoms with E-state index in [4.69, 9.17) is 5.73 Å². The molecule has 21 heavy (non-hydrogen) atoms. The van der Waals surface area contributed by atoms with Gasteiger partial charge in [-0.15, -0.1) is 0 Å². The van der Waals surface area contributed by atoms with Crippen LogP contribution in [0.1, 0.15) is 27.2 Å². The molecule has 3 N–H and O–H groups in total. The van der Waals surface area contributed by atoms with E-state index in [1.165, 1.54) is 11.6 Å². The number of nitrogen functional groups attached to an aromatic ring is 1. The van der Waals surface area contributed by atoms with Gasteiger partial charge in [0.25, 0.3) is 5.56 Å². The average Bonchev–Trinajstić information content (AvgIpc) is 2.49. The lowest BCUT2D eigenvalue weighted by Gasteiger charge is -2.20. The number of rotatable bonds is 8. The standard InChI is InChI=1S/C14H27N5O2/c1-5-9-19-12(15)11(13(20)17(4)14(19)21)16-8-10-18(6-2)7-3/h16H,5-10,15H2,1-4H3. The zero-order chi connectivity index (χ0) is 16.0. The number of anilines is 2. The zero-order valence-corrected chi connectivity index (χ0v) is 13.5. The highest BCUT2D eigenvalue weighted by Gasteiger charge is 2.14. The van der Waals surface area contributed by atoms with Crippen molar-refractivity contribution in [3.8, 4) is 0 Å². The molecule has 0 aromatic carbocycles. The molecule has 1 aromatic rings. The molecule has 120 valence electrons. The van der Waals surface area contributed by atoms with Gasteiger partial charge >= 0.3 is 5.69 Å². The Kier molecular flexibility index (Phi) is 6.48. The third-order valence-electron chi connectivity index (χ3n) is 3.65. The maximum Gasteiger partial charge on any atom is 0.332 e. The molecule has 1 aromatic heterocycles. The molecular weight excluding hydrogens is 270 g/mol. The normalized spacial score (nSPS) is 11.1. The van der Waals surface area contributed by atoms with E-state index in [2.05, 4.69) is 24.1 Å². The predicted octanol–water partition coefficient (Wildman–Crippen LogP) is 0.293. The Morgan fingerprint density at radius 2 is 1.81 bits per heavy atom. The molecule has 1 rings (SSSR count). The van der Waals surface area contributed by atoms with Gasteiger partial charge in [-0.25, -0.2) is 4.79 Å². The second-order valence-corrected chi connectivity index (χ2v) is 5.01. The SMILES string of the molecule is CCCn1c(N)c(NCCN(CC)CC)c(=O)n(C)c1=O. The van der Waals surface area contributed by atoms with Crippen LogP contribution in [-0.4, -0.2) is 40.2 Å². The van der Waals surface area contributed by atoms with Crippen LogP contribution >= 0.6 is 0 Å². The van der Waals surface area contributed by atoms with E-state index in [-0.39, 0.29) is 17.1 Å². The number of nitrogens with one attached hydrogen (secondary N) is 1. The van der Waals surface area contributed by atoms with Crippen molar-refractivity contribution >= 4 is 11.5 Å². The summed E-state index contributed by atoms with van der Waals surface area (Å²) in [4.78, 5) is 26.5. The van der Waals surface area contributed by atoms with Gasteiger partial charge in [0.15, 0.2) is 0 Å². The van der Waals surface area contributed by atoms with Crippen molar-refractivity contribution in [1.29, 1.82) is 0 Å². The minimum Gasteiger partial charge on any atom is -0.383 e. The highest BCUT2D eigenvalue weighted by atomic mass is 16.2. The lowest BCUT2D eigenvalue weighted by Crippen LogP contribution is -2.41. The molecule has 7 nitrogen and oxygen atoms in total. The zero-order valence-electron chi connectivity index (χ0n) is 13.5. The third kappa shape index (κ3) is 3.87. The van der Waals surface area contributed by atoms with Crippen molar-refractivity contribution in [3.05, 3.63) is 20.8 Å². The minimum absolute atomic E-state index is 0.226. The molecule has 0 saturated carbocycles. The Morgan fingerprint density at radius 1 is 1.19 bits per heavy atom. The molecule has 0 amide bonds. The fourth-order valence-corrected chi connectivity index (χ4v) is 2.27. The summed E-state index contributed by atoms with van der Waals surface area (Å²) >= 11 is 0. The van der Waals surface area contributed by atoms with Gasteiger partial charge in [0.1, 0.15) is 11.5 Å². The quantitative estimate of drug-likeness (QED) is 0.720. The Balaban J connectivity index is 3.02. The Labute approximate surface area is 125 Å². The first-order valence-corrected chi connectivity index (χ1v) is 7.53. The molecule has 0 aliphatic rings. The van der Waals surface area contributed by atoms with Gasteiger partial charge in [-0.3, -0.25) is 13.9 Å². The van der Waals surface area contributed by atoms with Crippen LogP contribution in [-0.2, 0) is 13.6 Å². The van der Waals surface area contributed by atoms with Crippen LogP contribution in [0.5, 0.6) is 0 Å². The van der Waals surface area contributed by atoms with Crippen molar-refractivity contribution < 1.29 is 0 Å². The molecule has 0 fully saturated rings. The lowest BCUT2D eigenvalue weighted by molar-refractivity contribution is 0.316. The van der Waals surface area contributed by atoms with Gasteiger partial charge in [-0.1, -0.05) is 20.8 Å². The number of likely N-dealkylation sites (N-methyl/N-ethyl adjacent to an activating group) is 1. The van der Waals surface area contributed by atoms with Gasteiger partial charge in [0, 0.05) is 26.7 Å². The van der Waals surface area contributed by atoms with E-state index < -0.39 is 0 Å². The van der Waals surface area contributed by atoms with Crippen LogP contribution in [0.4, 0.5) is 11.5 Å². The molecule has 0 spiro atoms. The molecule has 0 atom stereocenters. The molecular formula is C14H27N5O2. The molecule has 0 aliphatic carbocycles. The molecule has 7 heteroatoms. The summed E-state index contributed by atoms with van der Waals surface area (Å²) in [6, 6.07) is 0. The van der Waals surface area contributed by atoms with Crippen molar-refractivity contribution in [3.63, 3.8) is 0 Å². The second-order valence-electron chi connectivity index (χ2n) is 5.01. The Hall–Kier alpha value is -1.76. The van der Waals surface area contributed by atoms with Crippen LogP contribution in [0.3, 0.4) is 0 Å². The number of nitrogens with two attached hydrogens (primary N) is 1. The molecule has 0 aliphatic heterocycles. The van der Waals surface area contributed by atoms with E-state index in [9.17, 15) is 9.59 Å². The predicted molar refractivity (Wildman–Crippen MR) is 86.9 cm³/mol. The van der Waals surface area contributed by atoms with E-state index >= 15 is 0 Å². The van der Waals surface area contributed by atoms with Crippen LogP contribution in [0.2, 0.25) is 0 Å². The van der Waals surface area contributed by atoms with E-state index in [1.54, 1.807) is 0 Å². The third-order valence-corrected chi connectivity index (χ3v) is 3.65. The summed E-state index contributed by atoms with van der Waals surface area (Å²) in [6.45, 7) is 10.0. The highest BCUT2D eigenvalue weighted by molar-refractivity contribution is 5.60. The van der Waals surface area contributed by atoms with Gasteiger partial charge < -0.3 is 16.0 Å². The Morgan fingerprint density at radius 3 is 2.33 bits per heavy atom.